The summed E-state index contributed by atoms with van der Waals surface area (Å²) < 4.78 is 16.6. The quantitative estimate of drug-likeness (QED) is 0.335. The van der Waals surface area contributed by atoms with Crippen molar-refractivity contribution in [2.75, 3.05) is 13.7 Å². The molecule has 0 radical (unpaired) electrons. The number of aldehydes is 1. The molecular formula is C20H26O7. The largest absolute Gasteiger partial charge is 0.458 e. The summed E-state index contributed by atoms with van der Waals surface area (Å²) in [6.07, 6.45) is 2.40. The van der Waals surface area contributed by atoms with Crippen molar-refractivity contribution in [3.63, 3.8) is 0 Å². The molecule has 4 atom stereocenters. The number of carbonyl (C=O) groups is 3. The number of hydrogen-bond donors (Lipinski definition) is 1. The Balaban J connectivity index is 2.57. The fourth-order valence-corrected chi connectivity index (χ4v) is 3.29. The van der Waals surface area contributed by atoms with Crippen molar-refractivity contribution in [3.05, 3.63) is 35.5 Å². The number of fused-ring (bicyclic) bond motifs is 1. The zero-order chi connectivity index (χ0) is 20.1. The van der Waals surface area contributed by atoms with E-state index in [4.69, 9.17) is 14.2 Å². The number of aliphatic hydroxyl groups excluding tert-OH is 1. The highest BCUT2D eigenvalue weighted by atomic mass is 16.6. The van der Waals surface area contributed by atoms with E-state index in [0.29, 0.717) is 30.3 Å². The van der Waals surface area contributed by atoms with Crippen LogP contribution in [0.3, 0.4) is 0 Å². The number of rotatable bonds is 5. The number of esters is 2. The third-order valence-corrected chi connectivity index (χ3v) is 4.80. The normalized spacial score (nSPS) is 28.8. The molecule has 0 amide bonds. The molecule has 1 aliphatic carbocycles. The smallest absolute Gasteiger partial charge is 0.334 e. The predicted molar refractivity (Wildman–Crippen MR) is 96.6 cm³/mol. The van der Waals surface area contributed by atoms with E-state index < -0.39 is 42.1 Å². The van der Waals surface area contributed by atoms with E-state index in [2.05, 4.69) is 6.58 Å². The van der Waals surface area contributed by atoms with Gasteiger partial charge in [-0.25, -0.2) is 4.79 Å². The summed E-state index contributed by atoms with van der Waals surface area (Å²) in [4.78, 5) is 36.2. The Morgan fingerprint density at radius 3 is 2.74 bits per heavy atom. The molecule has 2 aliphatic rings. The molecule has 1 heterocycles. The van der Waals surface area contributed by atoms with Crippen molar-refractivity contribution in [2.24, 2.45) is 11.8 Å². The third kappa shape index (κ3) is 4.54. The Labute approximate surface area is 158 Å². The summed E-state index contributed by atoms with van der Waals surface area (Å²) in [5, 5.41) is 9.60. The Kier molecular flexibility index (Phi) is 7.10. The van der Waals surface area contributed by atoms with Crippen LogP contribution in [0.1, 0.15) is 26.7 Å². The Morgan fingerprint density at radius 1 is 1.48 bits per heavy atom. The number of methoxy groups -OCH3 is 1. The Hall–Kier alpha value is -2.25. The minimum absolute atomic E-state index is 0.142. The molecule has 7 nitrogen and oxygen atoms in total. The lowest BCUT2D eigenvalue weighted by Gasteiger charge is -2.33. The van der Waals surface area contributed by atoms with Gasteiger partial charge in [0.2, 0.25) is 0 Å². The molecule has 0 bridgehead atoms. The van der Waals surface area contributed by atoms with Crippen LogP contribution in [0.5, 0.6) is 0 Å². The van der Waals surface area contributed by atoms with E-state index in [0.717, 1.165) is 0 Å². The average Bonchev–Trinajstić information content (AvgIpc) is 2.92. The molecule has 1 aliphatic heterocycles. The number of aliphatic hydroxyl groups is 1. The zero-order valence-electron chi connectivity index (χ0n) is 15.8. The molecule has 27 heavy (non-hydrogen) atoms. The van der Waals surface area contributed by atoms with Crippen molar-refractivity contribution in [1.82, 2.24) is 0 Å². The highest BCUT2D eigenvalue weighted by Crippen LogP contribution is 2.37. The van der Waals surface area contributed by atoms with Gasteiger partial charge in [-0.3, -0.25) is 9.59 Å². The topological polar surface area (TPSA) is 99.1 Å². The zero-order valence-corrected chi connectivity index (χ0v) is 15.8. The second-order valence-corrected chi connectivity index (χ2v) is 6.98. The molecule has 7 heteroatoms. The van der Waals surface area contributed by atoms with Crippen LogP contribution < -0.4 is 0 Å². The summed E-state index contributed by atoms with van der Waals surface area (Å²) in [7, 11) is 1.41. The van der Waals surface area contributed by atoms with Gasteiger partial charge in [0.15, 0.2) is 0 Å². The second kappa shape index (κ2) is 9.10. The van der Waals surface area contributed by atoms with Crippen LogP contribution in [0.4, 0.5) is 0 Å². The molecule has 2 rings (SSSR count). The summed E-state index contributed by atoms with van der Waals surface area (Å²) in [6, 6.07) is 0. The van der Waals surface area contributed by atoms with Crippen molar-refractivity contribution in [1.29, 1.82) is 0 Å². The van der Waals surface area contributed by atoms with E-state index >= 15 is 0 Å². The molecule has 0 saturated carbocycles. The van der Waals surface area contributed by atoms with E-state index in [-0.39, 0.29) is 12.2 Å². The fourth-order valence-electron chi connectivity index (χ4n) is 3.29. The van der Waals surface area contributed by atoms with Gasteiger partial charge in [0.05, 0.1) is 18.4 Å². The molecule has 1 N–H and O–H groups in total. The molecular weight excluding hydrogens is 352 g/mol. The lowest BCUT2D eigenvalue weighted by molar-refractivity contribution is -0.163. The van der Waals surface area contributed by atoms with Gasteiger partial charge in [-0.2, -0.15) is 0 Å². The number of hydrogen-bond acceptors (Lipinski definition) is 7. The molecule has 0 aromatic heterocycles. The highest BCUT2D eigenvalue weighted by Gasteiger charge is 2.48. The summed E-state index contributed by atoms with van der Waals surface area (Å²) in [6.45, 7) is 6.97. The van der Waals surface area contributed by atoms with Crippen molar-refractivity contribution >= 4 is 18.2 Å². The maximum absolute atomic E-state index is 12.3. The van der Waals surface area contributed by atoms with Crippen molar-refractivity contribution < 1.29 is 33.7 Å². The fraction of sp³-hybridized carbons (Fsp3) is 0.550. The molecule has 4 unspecified atom stereocenters. The first kappa shape index (κ1) is 21.1. The first-order chi connectivity index (χ1) is 12.8. The standard InChI is InChI=1S/C20H26O7/c1-11(2)19(23)27-18-16-12(3)20(24)26-15(16)8-13(9-21)6-5-7-14(10-22)17(18)25-4/h7-8,10-11,15-18,21H,3,5-6,9H2,1-2,4H3. The van der Waals surface area contributed by atoms with E-state index in [1.165, 1.54) is 7.11 Å². The van der Waals surface area contributed by atoms with Gasteiger partial charge >= 0.3 is 11.9 Å². The van der Waals surface area contributed by atoms with E-state index in [9.17, 15) is 19.5 Å². The van der Waals surface area contributed by atoms with Gasteiger partial charge in [0.1, 0.15) is 24.6 Å². The second-order valence-electron chi connectivity index (χ2n) is 6.98. The van der Waals surface area contributed by atoms with Gasteiger partial charge in [-0.15, -0.1) is 0 Å². The summed E-state index contributed by atoms with van der Waals surface area (Å²) >= 11 is 0. The first-order valence-electron chi connectivity index (χ1n) is 8.92. The van der Waals surface area contributed by atoms with Gasteiger partial charge in [-0.05, 0) is 24.5 Å². The van der Waals surface area contributed by atoms with Gasteiger partial charge in [0, 0.05) is 18.3 Å². The van der Waals surface area contributed by atoms with E-state index in [1.54, 1.807) is 26.0 Å². The van der Waals surface area contributed by atoms with Crippen LogP contribution in [0.2, 0.25) is 0 Å². The minimum Gasteiger partial charge on any atom is -0.458 e. The predicted octanol–water partition coefficient (Wildman–Crippen LogP) is 1.50. The third-order valence-electron chi connectivity index (χ3n) is 4.80. The van der Waals surface area contributed by atoms with Crippen LogP contribution in [0, 0.1) is 11.8 Å². The van der Waals surface area contributed by atoms with Crippen LogP contribution in [0.15, 0.2) is 35.5 Å². The van der Waals surface area contributed by atoms with Crippen LogP contribution in [-0.2, 0) is 28.6 Å². The Bertz CT molecular complexity index is 674. The summed E-state index contributed by atoms with van der Waals surface area (Å²) in [5.74, 6) is -2.22. The Morgan fingerprint density at radius 2 is 2.19 bits per heavy atom. The van der Waals surface area contributed by atoms with Gasteiger partial charge < -0.3 is 19.3 Å². The SMILES string of the molecule is C=C1C(=O)OC2C=C(CO)CCC=C(C=O)C(OC)C(OC(=O)C(C)C)C12. The molecule has 0 aromatic rings. The van der Waals surface area contributed by atoms with Crippen LogP contribution in [0.25, 0.3) is 0 Å². The molecule has 0 spiro atoms. The van der Waals surface area contributed by atoms with Crippen molar-refractivity contribution in [2.45, 2.75) is 45.0 Å². The lowest BCUT2D eigenvalue weighted by atomic mass is 9.83. The maximum Gasteiger partial charge on any atom is 0.334 e. The lowest BCUT2D eigenvalue weighted by Crippen LogP contribution is -2.44. The molecule has 0 aromatic carbocycles. The van der Waals surface area contributed by atoms with E-state index in [1.807, 2.05) is 0 Å². The molecule has 148 valence electrons. The number of allylic oxidation sites excluding steroid dienone is 1. The minimum atomic E-state index is -0.973. The number of carbonyl (C=O) groups excluding carboxylic acids is 3. The monoisotopic (exact) mass is 378 g/mol. The van der Waals surface area contributed by atoms with Gasteiger partial charge in [-0.1, -0.05) is 26.5 Å². The van der Waals surface area contributed by atoms with Crippen molar-refractivity contribution in [3.8, 4) is 0 Å². The van der Waals surface area contributed by atoms with Gasteiger partial charge in [0.25, 0.3) is 0 Å². The number of ether oxygens (including phenoxy) is 3. The molecule has 1 fully saturated rings. The van der Waals surface area contributed by atoms with Crippen LogP contribution in [-0.4, -0.2) is 55.4 Å². The average molecular weight is 378 g/mol. The maximum atomic E-state index is 12.3. The molecule has 1 saturated heterocycles. The van der Waals surface area contributed by atoms with Crippen LogP contribution >= 0.6 is 0 Å². The highest BCUT2D eigenvalue weighted by molar-refractivity contribution is 5.91. The summed E-state index contributed by atoms with van der Waals surface area (Å²) in [5.41, 5.74) is 1.12. The first-order valence-corrected chi connectivity index (χ1v) is 8.92.